The van der Waals surface area contributed by atoms with E-state index >= 15 is 0 Å². The summed E-state index contributed by atoms with van der Waals surface area (Å²) in [7, 11) is 0. The summed E-state index contributed by atoms with van der Waals surface area (Å²) in [5.74, 6) is -3.55. The average molecular weight is 628 g/mol. The van der Waals surface area contributed by atoms with E-state index in [0.29, 0.717) is 16.6 Å². The number of carbonyl (C=O) groups is 3. The molecule has 3 aromatic carbocycles. The molecule has 0 fully saturated rings. The standard InChI is InChI=1S/3C12H11NO2.Al/c3*1-7-3-4-9(12(14)15)11-10(7)8(2)5-6-13-11;/h3*3-6H,1-2H3,(H,14,15);/q;;;+3/p-3. The third kappa shape index (κ3) is 7.20. The first kappa shape index (κ1) is 35.3. The van der Waals surface area contributed by atoms with E-state index in [1.54, 1.807) is 55.0 Å². The minimum atomic E-state index is -1.18. The Bertz CT molecular complexity index is 1860. The smallest absolute Gasteiger partial charge is 0.545 e. The van der Waals surface area contributed by atoms with Crippen molar-refractivity contribution >= 4 is 68.0 Å². The van der Waals surface area contributed by atoms with Crippen molar-refractivity contribution < 1.29 is 29.7 Å². The molecule has 10 heteroatoms. The van der Waals surface area contributed by atoms with Crippen LogP contribution in [0.5, 0.6) is 0 Å². The zero-order valence-corrected chi connectivity index (χ0v) is 27.5. The Kier molecular flexibility index (Phi) is 11.3. The Morgan fingerprint density at radius 2 is 0.630 bits per heavy atom. The third-order valence-electron chi connectivity index (χ3n) is 7.59. The maximum atomic E-state index is 10.9. The topological polar surface area (TPSA) is 159 Å². The van der Waals surface area contributed by atoms with Gasteiger partial charge in [-0.2, -0.15) is 0 Å². The molecule has 9 nitrogen and oxygen atoms in total. The van der Waals surface area contributed by atoms with Crippen molar-refractivity contribution in [2.75, 3.05) is 0 Å². The van der Waals surface area contributed by atoms with E-state index in [1.165, 1.54) is 0 Å². The summed E-state index contributed by atoms with van der Waals surface area (Å²) in [6.07, 6.45) is 4.84. The number of nitrogens with zero attached hydrogens (tertiary/aromatic N) is 3. The van der Waals surface area contributed by atoms with Crippen LogP contribution in [0.2, 0.25) is 0 Å². The van der Waals surface area contributed by atoms with Crippen LogP contribution in [-0.2, 0) is 0 Å². The van der Waals surface area contributed by atoms with Crippen LogP contribution in [0.4, 0.5) is 0 Å². The van der Waals surface area contributed by atoms with Crippen molar-refractivity contribution in [2.45, 2.75) is 41.5 Å². The molecule has 0 atom stereocenters. The minimum Gasteiger partial charge on any atom is -0.545 e. The van der Waals surface area contributed by atoms with Crippen LogP contribution in [0.15, 0.2) is 73.2 Å². The molecule has 6 rings (SSSR count). The molecular formula is C36H30AlN3O6. The number of aromatic carboxylic acids is 3. The zero-order valence-electron chi connectivity index (χ0n) is 26.3. The number of aromatic nitrogens is 3. The second-order valence-electron chi connectivity index (χ2n) is 10.7. The molecule has 0 aliphatic carbocycles. The molecule has 46 heavy (non-hydrogen) atoms. The van der Waals surface area contributed by atoms with E-state index in [1.807, 2.05) is 59.7 Å². The van der Waals surface area contributed by atoms with Gasteiger partial charge in [0.2, 0.25) is 0 Å². The number of carboxylic acid groups (broad SMARTS) is 3. The number of rotatable bonds is 3. The summed E-state index contributed by atoms with van der Waals surface area (Å²) in [4.78, 5) is 45.0. The van der Waals surface area contributed by atoms with Gasteiger partial charge in [0.1, 0.15) is 0 Å². The van der Waals surface area contributed by atoms with Crippen LogP contribution in [0, 0.1) is 41.5 Å². The van der Waals surface area contributed by atoms with E-state index in [9.17, 15) is 29.7 Å². The van der Waals surface area contributed by atoms with Gasteiger partial charge < -0.3 is 29.7 Å². The van der Waals surface area contributed by atoms with Gasteiger partial charge in [-0.05, 0) is 93.1 Å². The molecule has 0 unspecified atom stereocenters. The van der Waals surface area contributed by atoms with E-state index in [2.05, 4.69) is 15.0 Å². The van der Waals surface area contributed by atoms with Crippen molar-refractivity contribution in [1.29, 1.82) is 0 Å². The molecule has 0 spiro atoms. The molecule has 0 bridgehead atoms. The number of carbonyl (C=O) groups excluding carboxylic acids is 3. The molecule has 0 radical (unpaired) electrons. The molecule has 0 amide bonds. The van der Waals surface area contributed by atoms with Crippen LogP contribution < -0.4 is 15.3 Å². The van der Waals surface area contributed by atoms with Gasteiger partial charge in [0.15, 0.2) is 0 Å². The Balaban J connectivity index is 0.000000186. The normalized spacial score (nSPS) is 10.3. The van der Waals surface area contributed by atoms with Crippen molar-refractivity contribution in [1.82, 2.24) is 15.0 Å². The third-order valence-corrected chi connectivity index (χ3v) is 7.59. The monoisotopic (exact) mass is 627 g/mol. The van der Waals surface area contributed by atoms with Gasteiger partial charge in [0.25, 0.3) is 0 Å². The molecule has 0 saturated heterocycles. The quantitative estimate of drug-likeness (QED) is 0.268. The molecule has 0 saturated carbocycles. The fraction of sp³-hybridized carbons (Fsp3) is 0.167. The summed E-state index contributed by atoms with van der Waals surface area (Å²) >= 11 is 0. The molecule has 0 aliphatic rings. The first-order valence-electron chi connectivity index (χ1n) is 14.0. The summed E-state index contributed by atoms with van der Waals surface area (Å²) in [6, 6.07) is 15.6. The second kappa shape index (κ2) is 14.7. The number of aryl methyl sites for hydroxylation is 6. The van der Waals surface area contributed by atoms with Gasteiger partial charge in [-0.1, -0.05) is 36.4 Å². The summed E-state index contributed by atoms with van der Waals surface area (Å²) in [5.41, 5.74) is 8.15. The van der Waals surface area contributed by atoms with Crippen molar-refractivity contribution in [2.24, 2.45) is 0 Å². The number of carboxylic acids is 3. The molecule has 3 aromatic heterocycles. The van der Waals surface area contributed by atoms with Gasteiger partial charge in [-0.25, -0.2) is 0 Å². The van der Waals surface area contributed by atoms with E-state index in [0.717, 1.165) is 49.5 Å². The van der Waals surface area contributed by atoms with E-state index < -0.39 is 17.9 Å². The Labute approximate surface area is 276 Å². The Morgan fingerprint density at radius 1 is 0.413 bits per heavy atom. The average Bonchev–Trinajstić information content (AvgIpc) is 2.98. The second-order valence-corrected chi connectivity index (χ2v) is 10.7. The number of hydrogen-bond acceptors (Lipinski definition) is 9. The SMILES string of the molecule is Cc1ccnc2c(C(=O)[O-])ccc(C)c12.Cc1ccnc2c(C(=O)[O-])ccc(C)c12.Cc1ccnc2c(C(=O)[O-])ccc(C)c12.[Al+3]. The Hall–Kier alpha value is -5.17. The minimum absolute atomic E-state index is 0. The van der Waals surface area contributed by atoms with E-state index in [-0.39, 0.29) is 34.1 Å². The number of pyridine rings is 3. The molecule has 0 N–H and O–H groups in total. The fourth-order valence-corrected chi connectivity index (χ4v) is 5.39. The van der Waals surface area contributed by atoms with Gasteiger partial charge in [-0.3, -0.25) is 15.0 Å². The first-order valence-corrected chi connectivity index (χ1v) is 14.0. The maximum absolute atomic E-state index is 10.9. The predicted molar refractivity (Wildman–Crippen MR) is 172 cm³/mol. The molecule has 3 heterocycles. The van der Waals surface area contributed by atoms with Crippen molar-refractivity contribution in [3.63, 3.8) is 0 Å². The molecule has 6 aromatic rings. The van der Waals surface area contributed by atoms with E-state index in [4.69, 9.17) is 0 Å². The van der Waals surface area contributed by atoms with Crippen LogP contribution in [0.1, 0.15) is 64.5 Å². The van der Waals surface area contributed by atoms with Gasteiger partial charge in [-0.15, -0.1) is 0 Å². The summed E-state index contributed by atoms with van der Waals surface area (Å²) in [6.45, 7) is 11.6. The number of benzene rings is 3. The summed E-state index contributed by atoms with van der Waals surface area (Å²) in [5, 5.41) is 35.4. The van der Waals surface area contributed by atoms with Gasteiger partial charge in [0, 0.05) is 51.4 Å². The molecule has 0 aliphatic heterocycles. The first-order chi connectivity index (χ1) is 21.3. The van der Waals surface area contributed by atoms with Crippen molar-refractivity contribution in [3.8, 4) is 0 Å². The van der Waals surface area contributed by atoms with Gasteiger partial charge in [0.05, 0.1) is 34.5 Å². The largest absolute Gasteiger partial charge is 3.00 e. The van der Waals surface area contributed by atoms with Crippen LogP contribution in [0.3, 0.4) is 0 Å². The zero-order chi connectivity index (χ0) is 33.0. The van der Waals surface area contributed by atoms with Crippen molar-refractivity contribution in [3.05, 3.63) is 123 Å². The Morgan fingerprint density at radius 3 is 0.848 bits per heavy atom. The summed E-state index contributed by atoms with van der Waals surface area (Å²) < 4.78 is 0. The van der Waals surface area contributed by atoms with Crippen LogP contribution in [-0.4, -0.2) is 50.2 Å². The van der Waals surface area contributed by atoms with Crippen LogP contribution in [0.25, 0.3) is 32.7 Å². The molecular weight excluding hydrogens is 597 g/mol. The fourth-order valence-electron chi connectivity index (χ4n) is 5.39. The predicted octanol–water partition coefficient (Wildman–Crippen LogP) is 3.26. The van der Waals surface area contributed by atoms with Gasteiger partial charge >= 0.3 is 17.4 Å². The van der Waals surface area contributed by atoms with Crippen LogP contribution >= 0.6 is 0 Å². The molecule has 228 valence electrons. The maximum Gasteiger partial charge on any atom is 3.00 e. The number of fused-ring (bicyclic) bond motifs is 3. The number of hydrogen-bond donors (Lipinski definition) is 0.